The lowest BCUT2D eigenvalue weighted by molar-refractivity contribution is -0.122. The van der Waals surface area contributed by atoms with Gasteiger partial charge < -0.3 is 5.32 Å². The van der Waals surface area contributed by atoms with Gasteiger partial charge in [-0.05, 0) is 74.1 Å². The Morgan fingerprint density at radius 2 is 1.93 bits per heavy atom. The van der Waals surface area contributed by atoms with E-state index in [1.807, 2.05) is 13.8 Å². The van der Waals surface area contributed by atoms with Crippen LogP contribution in [0.25, 0.3) is 5.69 Å². The normalized spacial score (nSPS) is 27.9. The predicted molar refractivity (Wildman–Crippen MR) is 108 cm³/mol. The first-order valence-corrected chi connectivity index (χ1v) is 10.2. The number of carbonyl (C=O) groups excluding carboxylic acids is 1. The highest BCUT2D eigenvalue weighted by Gasteiger charge is 2.61. The van der Waals surface area contributed by atoms with Gasteiger partial charge >= 0.3 is 0 Å². The molecule has 1 amide bonds. The second kappa shape index (κ2) is 6.43. The third kappa shape index (κ3) is 2.78. The number of hydrogen-bond donors (Lipinski definition) is 1. The van der Waals surface area contributed by atoms with Gasteiger partial charge in [0, 0.05) is 17.3 Å². The average Bonchev–Trinajstić information content (AvgIpc) is 3.11. The zero-order valence-corrected chi connectivity index (χ0v) is 17.5. The van der Waals surface area contributed by atoms with Crippen molar-refractivity contribution in [3.05, 3.63) is 47.0 Å². The molecule has 0 spiro atoms. The molecule has 1 aromatic heterocycles. The summed E-state index contributed by atoms with van der Waals surface area (Å²) in [6.45, 7) is 11.0. The molecule has 2 saturated carbocycles. The van der Waals surface area contributed by atoms with E-state index in [9.17, 15) is 9.18 Å². The van der Waals surface area contributed by atoms with Crippen LogP contribution in [0.1, 0.15) is 57.0 Å². The highest BCUT2D eigenvalue weighted by molar-refractivity contribution is 5.79. The third-order valence-electron chi connectivity index (χ3n) is 7.98. The molecule has 4 rings (SSSR count). The maximum Gasteiger partial charge on any atom is 0.224 e. The van der Waals surface area contributed by atoms with Gasteiger partial charge in [0.1, 0.15) is 5.82 Å². The summed E-state index contributed by atoms with van der Waals surface area (Å²) in [5.74, 6) is 0.499. The van der Waals surface area contributed by atoms with Crippen molar-refractivity contribution in [2.45, 2.75) is 66.3 Å². The van der Waals surface area contributed by atoms with Crippen LogP contribution in [0.4, 0.5) is 4.39 Å². The standard InChI is InChI=1S/C23H30FN3O/c1-14-19(15(2)27(26-14)18-8-6-17(24)7-9-18)13-21(28)25-20-12-16-10-11-23(20,5)22(16,3)4/h6-9,16,20H,10-13H2,1-5H3,(H,25,28). The Balaban J connectivity index is 1.51. The summed E-state index contributed by atoms with van der Waals surface area (Å²) in [7, 11) is 0. The number of benzene rings is 1. The van der Waals surface area contributed by atoms with Gasteiger partial charge in [-0.25, -0.2) is 9.07 Å². The molecule has 2 aliphatic rings. The van der Waals surface area contributed by atoms with Gasteiger partial charge in [-0.15, -0.1) is 0 Å². The molecule has 3 unspecified atom stereocenters. The molecule has 5 heteroatoms. The maximum absolute atomic E-state index is 13.2. The van der Waals surface area contributed by atoms with Gasteiger partial charge in [0.15, 0.2) is 0 Å². The number of fused-ring (bicyclic) bond motifs is 2. The van der Waals surface area contributed by atoms with Crippen LogP contribution in [0, 0.1) is 36.4 Å². The van der Waals surface area contributed by atoms with E-state index in [2.05, 4.69) is 31.2 Å². The molecular weight excluding hydrogens is 353 g/mol. The number of aryl methyl sites for hydroxylation is 1. The molecule has 4 nitrogen and oxygen atoms in total. The van der Waals surface area contributed by atoms with Crippen LogP contribution in [-0.2, 0) is 11.2 Å². The van der Waals surface area contributed by atoms with E-state index >= 15 is 0 Å². The van der Waals surface area contributed by atoms with Crippen molar-refractivity contribution in [2.24, 2.45) is 16.7 Å². The van der Waals surface area contributed by atoms with Crippen molar-refractivity contribution in [1.29, 1.82) is 0 Å². The summed E-state index contributed by atoms with van der Waals surface area (Å²) in [5, 5.41) is 7.92. The van der Waals surface area contributed by atoms with Crippen molar-refractivity contribution in [2.75, 3.05) is 0 Å². The summed E-state index contributed by atoms with van der Waals surface area (Å²) < 4.78 is 15.0. The van der Waals surface area contributed by atoms with Gasteiger partial charge in [-0.3, -0.25) is 4.79 Å². The summed E-state index contributed by atoms with van der Waals surface area (Å²) in [5.41, 5.74) is 3.99. The zero-order chi connectivity index (χ0) is 20.3. The second-order valence-corrected chi connectivity index (χ2v) is 9.44. The van der Waals surface area contributed by atoms with E-state index in [1.54, 1.807) is 16.8 Å². The van der Waals surface area contributed by atoms with Gasteiger partial charge in [0.25, 0.3) is 0 Å². The molecule has 2 bridgehead atoms. The first-order valence-electron chi connectivity index (χ1n) is 10.2. The molecule has 28 heavy (non-hydrogen) atoms. The molecule has 2 aliphatic carbocycles. The SMILES string of the molecule is Cc1nn(-c2ccc(F)cc2)c(C)c1CC(=O)NC1CC2CCC1(C)C2(C)C. The molecule has 0 saturated heterocycles. The molecule has 0 aliphatic heterocycles. The summed E-state index contributed by atoms with van der Waals surface area (Å²) >= 11 is 0. The first kappa shape index (κ1) is 19.2. The van der Waals surface area contributed by atoms with Gasteiger partial charge in [-0.2, -0.15) is 5.10 Å². The van der Waals surface area contributed by atoms with Crippen molar-refractivity contribution in [1.82, 2.24) is 15.1 Å². The number of carbonyl (C=O) groups is 1. The fourth-order valence-electron chi connectivity index (χ4n) is 5.59. The van der Waals surface area contributed by atoms with E-state index in [-0.39, 0.29) is 28.6 Å². The van der Waals surface area contributed by atoms with Crippen molar-refractivity contribution in [3.63, 3.8) is 0 Å². The van der Waals surface area contributed by atoms with Gasteiger partial charge in [0.2, 0.25) is 5.91 Å². The summed E-state index contributed by atoms with van der Waals surface area (Å²) in [6.07, 6.45) is 3.88. The quantitative estimate of drug-likeness (QED) is 0.845. The monoisotopic (exact) mass is 383 g/mol. The van der Waals surface area contributed by atoms with E-state index in [0.29, 0.717) is 12.3 Å². The topological polar surface area (TPSA) is 46.9 Å². The Bertz CT molecular complexity index is 915. The predicted octanol–water partition coefficient (Wildman–Crippen LogP) is 4.50. The van der Waals surface area contributed by atoms with Crippen LogP contribution < -0.4 is 5.32 Å². The Morgan fingerprint density at radius 3 is 2.50 bits per heavy atom. The smallest absolute Gasteiger partial charge is 0.224 e. The lowest BCUT2D eigenvalue weighted by Gasteiger charge is -2.39. The highest BCUT2D eigenvalue weighted by atomic mass is 19.1. The van der Waals surface area contributed by atoms with Crippen molar-refractivity contribution in [3.8, 4) is 5.69 Å². The maximum atomic E-state index is 13.2. The van der Waals surface area contributed by atoms with Crippen LogP contribution in [0.5, 0.6) is 0 Å². The van der Waals surface area contributed by atoms with Crippen LogP contribution >= 0.6 is 0 Å². The van der Waals surface area contributed by atoms with Crippen molar-refractivity contribution < 1.29 is 9.18 Å². The number of amides is 1. The minimum atomic E-state index is -0.271. The van der Waals surface area contributed by atoms with Crippen LogP contribution in [-0.4, -0.2) is 21.7 Å². The van der Waals surface area contributed by atoms with Crippen LogP contribution in [0.3, 0.4) is 0 Å². The Labute approximate surface area is 166 Å². The average molecular weight is 384 g/mol. The van der Waals surface area contributed by atoms with E-state index in [0.717, 1.165) is 29.1 Å². The molecule has 2 aromatic rings. The lowest BCUT2D eigenvalue weighted by Crippen LogP contribution is -2.47. The molecule has 1 heterocycles. The van der Waals surface area contributed by atoms with Gasteiger partial charge in [0.05, 0.1) is 17.8 Å². The summed E-state index contributed by atoms with van der Waals surface area (Å²) in [4.78, 5) is 12.9. The van der Waals surface area contributed by atoms with E-state index in [4.69, 9.17) is 0 Å². The fraction of sp³-hybridized carbons (Fsp3) is 0.565. The van der Waals surface area contributed by atoms with Gasteiger partial charge in [-0.1, -0.05) is 20.8 Å². The molecule has 150 valence electrons. The van der Waals surface area contributed by atoms with Crippen LogP contribution in [0.15, 0.2) is 24.3 Å². The number of aromatic nitrogens is 2. The molecule has 2 fully saturated rings. The van der Waals surface area contributed by atoms with Crippen molar-refractivity contribution >= 4 is 5.91 Å². The number of nitrogens with one attached hydrogen (secondary N) is 1. The molecule has 0 radical (unpaired) electrons. The number of rotatable bonds is 4. The Hall–Kier alpha value is -2.17. The highest BCUT2D eigenvalue weighted by Crippen LogP contribution is 2.65. The largest absolute Gasteiger partial charge is 0.353 e. The second-order valence-electron chi connectivity index (χ2n) is 9.44. The summed E-state index contributed by atoms with van der Waals surface area (Å²) in [6, 6.07) is 6.51. The number of halogens is 1. The minimum Gasteiger partial charge on any atom is -0.353 e. The van der Waals surface area contributed by atoms with E-state index < -0.39 is 0 Å². The fourth-order valence-corrected chi connectivity index (χ4v) is 5.59. The number of nitrogens with zero attached hydrogens (tertiary/aromatic N) is 2. The molecule has 1 aromatic carbocycles. The first-order chi connectivity index (χ1) is 13.1. The molecule has 1 N–H and O–H groups in total. The lowest BCUT2D eigenvalue weighted by atomic mass is 9.69. The number of hydrogen-bond acceptors (Lipinski definition) is 2. The zero-order valence-electron chi connectivity index (χ0n) is 17.5. The minimum absolute atomic E-state index is 0.0689. The Kier molecular flexibility index (Phi) is 4.40. The van der Waals surface area contributed by atoms with E-state index in [1.165, 1.54) is 25.0 Å². The molecular formula is C23H30FN3O. The Morgan fingerprint density at radius 1 is 1.25 bits per heavy atom. The third-order valence-corrected chi connectivity index (χ3v) is 7.98. The molecule has 3 atom stereocenters. The van der Waals surface area contributed by atoms with Crippen LogP contribution in [0.2, 0.25) is 0 Å².